The molecule has 22 heavy (non-hydrogen) atoms. The molecule has 0 saturated heterocycles. The van der Waals surface area contributed by atoms with Gasteiger partial charge in [-0.1, -0.05) is 48.0 Å². The van der Waals surface area contributed by atoms with Gasteiger partial charge in [0.05, 0.1) is 5.56 Å². The Bertz CT molecular complexity index is 857. The van der Waals surface area contributed by atoms with Gasteiger partial charge < -0.3 is 10.4 Å². The predicted octanol–water partition coefficient (Wildman–Crippen LogP) is 4.23. The standard InChI is InChI=1S/C18H14ClNO2/c1-20-18(22)17-14-5-3-2-4-12(14)10-15(21)16(17)11-6-8-13(19)9-7-11/h2-10,21H,1H3,(H,20,22). The van der Waals surface area contributed by atoms with Crippen LogP contribution in [0.25, 0.3) is 21.9 Å². The van der Waals surface area contributed by atoms with Crippen LogP contribution in [0.15, 0.2) is 54.6 Å². The Morgan fingerprint density at radius 1 is 1.09 bits per heavy atom. The number of halogens is 1. The minimum absolute atomic E-state index is 0.0691. The van der Waals surface area contributed by atoms with Crippen LogP contribution in [-0.4, -0.2) is 18.1 Å². The summed E-state index contributed by atoms with van der Waals surface area (Å²) < 4.78 is 0. The molecule has 0 heterocycles. The molecular formula is C18H14ClNO2. The van der Waals surface area contributed by atoms with E-state index in [1.54, 1.807) is 37.4 Å². The highest BCUT2D eigenvalue weighted by atomic mass is 35.5. The maximum absolute atomic E-state index is 12.4. The Balaban J connectivity index is 2.39. The van der Waals surface area contributed by atoms with Crippen molar-refractivity contribution in [2.75, 3.05) is 7.05 Å². The van der Waals surface area contributed by atoms with Crippen LogP contribution < -0.4 is 5.32 Å². The van der Waals surface area contributed by atoms with Gasteiger partial charge in [-0.05, 0) is 34.5 Å². The first-order valence-corrected chi connectivity index (χ1v) is 7.22. The first-order valence-electron chi connectivity index (χ1n) is 6.84. The third-order valence-electron chi connectivity index (χ3n) is 3.62. The molecule has 0 saturated carbocycles. The second-order valence-corrected chi connectivity index (χ2v) is 5.39. The van der Waals surface area contributed by atoms with Crippen LogP contribution in [-0.2, 0) is 0 Å². The lowest BCUT2D eigenvalue weighted by atomic mass is 9.92. The van der Waals surface area contributed by atoms with Crippen LogP contribution in [0.3, 0.4) is 0 Å². The normalized spacial score (nSPS) is 10.6. The zero-order valence-corrected chi connectivity index (χ0v) is 12.7. The van der Waals surface area contributed by atoms with Gasteiger partial charge in [0.15, 0.2) is 0 Å². The molecule has 0 spiro atoms. The van der Waals surface area contributed by atoms with E-state index in [9.17, 15) is 9.90 Å². The molecule has 0 atom stereocenters. The van der Waals surface area contributed by atoms with Crippen molar-refractivity contribution in [3.05, 3.63) is 65.2 Å². The minimum Gasteiger partial charge on any atom is -0.507 e. The van der Waals surface area contributed by atoms with Crippen molar-refractivity contribution in [1.82, 2.24) is 5.32 Å². The summed E-state index contributed by atoms with van der Waals surface area (Å²) in [4.78, 5) is 12.4. The van der Waals surface area contributed by atoms with Crippen molar-refractivity contribution in [2.24, 2.45) is 0 Å². The smallest absolute Gasteiger partial charge is 0.252 e. The molecule has 1 amide bonds. The summed E-state index contributed by atoms with van der Waals surface area (Å²) in [6.45, 7) is 0. The number of benzene rings is 3. The van der Waals surface area contributed by atoms with Crippen LogP contribution in [0.1, 0.15) is 10.4 Å². The molecule has 0 unspecified atom stereocenters. The predicted molar refractivity (Wildman–Crippen MR) is 89.4 cm³/mol. The molecular weight excluding hydrogens is 298 g/mol. The van der Waals surface area contributed by atoms with Crippen molar-refractivity contribution in [1.29, 1.82) is 0 Å². The summed E-state index contributed by atoms with van der Waals surface area (Å²) in [7, 11) is 1.58. The van der Waals surface area contributed by atoms with Crippen LogP contribution in [0.4, 0.5) is 0 Å². The molecule has 4 heteroatoms. The van der Waals surface area contributed by atoms with E-state index in [-0.39, 0.29) is 11.7 Å². The number of fused-ring (bicyclic) bond motifs is 1. The van der Waals surface area contributed by atoms with Crippen LogP contribution in [0.2, 0.25) is 5.02 Å². The molecule has 110 valence electrons. The summed E-state index contributed by atoms with van der Waals surface area (Å²) in [6.07, 6.45) is 0. The minimum atomic E-state index is -0.239. The maximum atomic E-state index is 12.4. The number of carbonyl (C=O) groups excluding carboxylic acids is 1. The van der Waals surface area contributed by atoms with Crippen LogP contribution in [0.5, 0.6) is 5.75 Å². The van der Waals surface area contributed by atoms with E-state index in [0.717, 1.165) is 16.3 Å². The molecule has 0 bridgehead atoms. The Morgan fingerprint density at radius 2 is 1.77 bits per heavy atom. The van der Waals surface area contributed by atoms with Gasteiger partial charge in [0.25, 0.3) is 5.91 Å². The van der Waals surface area contributed by atoms with Crippen LogP contribution >= 0.6 is 11.6 Å². The summed E-state index contributed by atoms with van der Waals surface area (Å²) in [6, 6.07) is 16.2. The Hall–Kier alpha value is -2.52. The SMILES string of the molecule is CNC(=O)c1c(-c2ccc(Cl)cc2)c(O)cc2ccccc12. The number of carbonyl (C=O) groups is 1. The van der Waals surface area contributed by atoms with E-state index < -0.39 is 0 Å². The zero-order chi connectivity index (χ0) is 15.7. The van der Waals surface area contributed by atoms with Gasteiger partial charge >= 0.3 is 0 Å². The fourth-order valence-electron chi connectivity index (χ4n) is 2.60. The molecule has 2 N–H and O–H groups in total. The van der Waals surface area contributed by atoms with Gasteiger partial charge in [0.1, 0.15) is 5.75 Å². The van der Waals surface area contributed by atoms with E-state index in [4.69, 9.17) is 11.6 Å². The topological polar surface area (TPSA) is 49.3 Å². The third kappa shape index (κ3) is 2.40. The summed E-state index contributed by atoms with van der Waals surface area (Å²) in [5.41, 5.74) is 1.71. The lowest BCUT2D eigenvalue weighted by molar-refractivity contribution is 0.0965. The van der Waals surface area contributed by atoms with Crippen molar-refractivity contribution >= 4 is 28.3 Å². The first kappa shape index (κ1) is 14.4. The largest absolute Gasteiger partial charge is 0.507 e. The molecule has 0 radical (unpaired) electrons. The fraction of sp³-hybridized carbons (Fsp3) is 0.0556. The average molecular weight is 312 g/mol. The second-order valence-electron chi connectivity index (χ2n) is 4.95. The van der Waals surface area contributed by atoms with Crippen molar-refractivity contribution in [2.45, 2.75) is 0 Å². The first-order chi connectivity index (χ1) is 10.6. The van der Waals surface area contributed by atoms with Gasteiger partial charge in [-0.3, -0.25) is 4.79 Å². The highest BCUT2D eigenvalue weighted by molar-refractivity contribution is 6.30. The molecule has 0 aromatic heterocycles. The number of rotatable bonds is 2. The number of amides is 1. The number of phenolic OH excluding ortho intramolecular Hbond substituents is 1. The number of nitrogens with one attached hydrogen (secondary N) is 1. The lowest BCUT2D eigenvalue weighted by Gasteiger charge is -2.14. The quantitative estimate of drug-likeness (QED) is 0.744. The van der Waals surface area contributed by atoms with Gasteiger partial charge in [-0.25, -0.2) is 0 Å². The Kier molecular flexibility index (Phi) is 3.73. The van der Waals surface area contributed by atoms with Crippen molar-refractivity contribution in [3.8, 4) is 16.9 Å². The molecule has 0 fully saturated rings. The van der Waals surface area contributed by atoms with E-state index in [0.29, 0.717) is 16.1 Å². The second kappa shape index (κ2) is 5.70. The lowest BCUT2D eigenvalue weighted by Crippen LogP contribution is -2.19. The van der Waals surface area contributed by atoms with Gasteiger partial charge in [-0.2, -0.15) is 0 Å². The fourth-order valence-corrected chi connectivity index (χ4v) is 2.73. The van der Waals surface area contributed by atoms with Crippen molar-refractivity contribution in [3.63, 3.8) is 0 Å². The molecule has 3 aromatic rings. The zero-order valence-electron chi connectivity index (χ0n) is 11.9. The monoisotopic (exact) mass is 311 g/mol. The molecule has 0 aliphatic heterocycles. The van der Waals surface area contributed by atoms with E-state index >= 15 is 0 Å². The maximum Gasteiger partial charge on any atom is 0.252 e. The average Bonchev–Trinajstić information content (AvgIpc) is 2.54. The summed E-state index contributed by atoms with van der Waals surface area (Å²) in [5.74, 6) is -0.170. The van der Waals surface area contributed by atoms with Gasteiger partial charge in [0, 0.05) is 17.6 Å². The van der Waals surface area contributed by atoms with Gasteiger partial charge in [-0.15, -0.1) is 0 Å². The Labute approximate surface area is 133 Å². The van der Waals surface area contributed by atoms with E-state index in [2.05, 4.69) is 5.32 Å². The number of hydrogen-bond donors (Lipinski definition) is 2. The van der Waals surface area contributed by atoms with Crippen molar-refractivity contribution < 1.29 is 9.90 Å². The summed E-state index contributed by atoms with van der Waals surface area (Å²) in [5, 5.41) is 15.3. The highest BCUT2D eigenvalue weighted by Gasteiger charge is 2.19. The third-order valence-corrected chi connectivity index (χ3v) is 3.87. The van der Waals surface area contributed by atoms with E-state index in [1.165, 1.54) is 0 Å². The molecule has 0 aliphatic rings. The molecule has 3 rings (SSSR count). The molecule has 3 aromatic carbocycles. The van der Waals surface area contributed by atoms with E-state index in [1.807, 2.05) is 24.3 Å². The Morgan fingerprint density at radius 3 is 2.45 bits per heavy atom. The highest BCUT2D eigenvalue weighted by Crippen LogP contribution is 2.38. The number of phenols is 1. The summed E-state index contributed by atoms with van der Waals surface area (Å²) >= 11 is 5.92. The molecule has 3 nitrogen and oxygen atoms in total. The van der Waals surface area contributed by atoms with Crippen LogP contribution in [0, 0.1) is 0 Å². The van der Waals surface area contributed by atoms with Gasteiger partial charge in [0.2, 0.25) is 0 Å². The molecule has 0 aliphatic carbocycles. The number of hydrogen-bond acceptors (Lipinski definition) is 2. The number of aromatic hydroxyl groups is 1.